The normalized spacial score (nSPS) is 34.5. The van der Waals surface area contributed by atoms with E-state index >= 15 is 0 Å². The first-order valence-corrected chi connectivity index (χ1v) is 6.70. The van der Waals surface area contributed by atoms with Crippen LogP contribution in [0.2, 0.25) is 0 Å². The highest BCUT2D eigenvalue weighted by Gasteiger charge is 2.64. The first-order valence-electron chi connectivity index (χ1n) is 6.70. The molecule has 19 heavy (non-hydrogen) atoms. The summed E-state index contributed by atoms with van der Waals surface area (Å²) >= 11 is 0. The maximum absolute atomic E-state index is 11.7. The van der Waals surface area contributed by atoms with E-state index in [1.165, 1.54) is 0 Å². The third kappa shape index (κ3) is 2.15. The van der Waals surface area contributed by atoms with Gasteiger partial charge in [-0.2, -0.15) is 0 Å². The van der Waals surface area contributed by atoms with E-state index in [-0.39, 0.29) is 17.4 Å². The first-order chi connectivity index (χ1) is 8.68. The minimum absolute atomic E-state index is 0.0539. The molecule has 0 amide bonds. The monoisotopic (exact) mass is 267 g/mol. The molecule has 2 aliphatic rings. The fraction of sp³-hybridized carbons (Fsp3) is 0.786. The van der Waals surface area contributed by atoms with Crippen molar-refractivity contribution in [1.29, 1.82) is 0 Å². The Bertz CT molecular complexity index is 437. The second kappa shape index (κ2) is 4.32. The molecule has 5 nitrogen and oxygen atoms in total. The highest BCUT2D eigenvalue weighted by molar-refractivity contribution is 5.72. The van der Waals surface area contributed by atoms with E-state index < -0.39 is 22.7 Å². The van der Waals surface area contributed by atoms with Gasteiger partial charge in [0, 0.05) is 4.92 Å². The Balaban J connectivity index is 2.40. The number of fused-ring (bicyclic) bond motifs is 1. The summed E-state index contributed by atoms with van der Waals surface area (Å²) in [6.07, 6.45) is 5.62. The number of carboxylic acid groups (broad SMARTS) is 1. The largest absolute Gasteiger partial charge is 0.481 e. The molecular weight excluding hydrogens is 246 g/mol. The van der Waals surface area contributed by atoms with Gasteiger partial charge in [-0.3, -0.25) is 14.9 Å². The van der Waals surface area contributed by atoms with Crippen LogP contribution in [0.3, 0.4) is 0 Å². The number of nitro groups is 1. The van der Waals surface area contributed by atoms with Crippen LogP contribution in [0, 0.1) is 38.7 Å². The highest BCUT2D eigenvalue weighted by Crippen LogP contribution is 2.63. The summed E-state index contributed by atoms with van der Waals surface area (Å²) in [4.78, 5) is 22.4. The molecule has 0 bridgehead atoms. The van der Waals surface area contributed by atoms with Gasteiger partial charge in [0.05, 0.1) is 11.3 Å². The lowest BCUT2D eigenvalue weighted by Gasteiger charge is -2.55. The highest BCUT2D eigenvalue weighted by atomic mass is 16.6. The smallest absolute Gasteiger partial charge is 0.307 e. The number of hydrogen-bond donors (Lipinski definition) is 1. The summed E-state index contributed by atoms with van der Waals surface area (Å²) in [5, 5.41) is 20.6. The van der Waals surface area contributed by atoms with Crippen LogP contribution in [-0.4, -0.2) is 22.5 Å². The Kier molecular flexibility index (Phi) is 3.19. The standard InChI is InChI=1S/C14H21NO4/c1-13(2,3)11(12(16)17)14(8-15(18)19)7-9-5-4-6-10(9)14/h4,6,9-11H,5,7-8H2,1-3H3,(H,16,17)/t9-,10-,11?,14+/m1/s1. The Morgan fingerprint density at radius 1 is 1.58 bits per heavy atom. The van der Waals surface area contributed by atoms with E-state index in [0.717, 1.165) is 6.42 Å². The molecule has 5 heteroatoms. The van der Waals surface area contributed by atoms with Crippen molar-refractivity contribution < 1.29 is 14.8 Å². The van der Waals surface area contributed by atoms with Gasteiger partial charge in [-0.25, -0.2) is 0 Å². The number of hydrogen-bond acceptors (Lipinski definition) is 3. The second-order valence-electron chi connectivity index (χ2n) is 7.02. The van der Waals surface area contributed by atoms with Crippen molar-refractivity contribution in [3.8, 4) is 0 Å². The van der Waals surface area contributed by atoms with Gasteiger partial charge in [-0.05, 0) is 30.1 Å². The number of allylic oxidation sites excluding steroid dienone is 2. The van der Waals surface area contributed by atoms with Gasteiger partial charge in [0.2, 0.25) is 6.54 Å². The van der Waals surface area contributed by atoms with Gasteiger partial charge >= 0.3 is 5.97 Å². The minimum Gasteiger partial charge on any atom is -0.481 e. The summed E-state index contributed by atoms with van der Waals surface area (Å²) in [5.41, 5.74) is -1.20. The van der Waals surface area contributed by atoms with E-state index in [9.17, 15) is 20.0 Å². The molecule has 0 saturated heterocycles. The molecule has 0 aromatic heterocycles. The van der Waals surface area contributed by atoms with Crippen LogP contribution in [0.1, 0.15) is 33.6 Å². The lowest BCUT2D eigenvalue weighted by Crippen LogP contribution is -2.59. The maximum Gasteiger partial charge on any atom is 0.307 e. The van der Waals surface area contributed by atoms with Crippen molar-refractivity contribution in [3.63, 3.8) is 0 Å². The quantitative estimate of drug-likeness (QED) is 0.482. The van der Waals surface area contributed by atoms with Crippen LogP contribution >= 0.6 is 0 Å². The Morgan fingerprint density at radius 3 is 2.63 bits per heavy atom. The summed E-state index contributed by atoms with van der Waals surface area (Å²) in [6.45, 7) is 5.34. The Labute approximate surface area is 112 Å². The third-order valence-electron chi connectivity index (χ3n) is 4.71. The fourth-order valence-electron chi connectivity index (χ4n) is 4.33. The van der Waals surface area contributed by atoms with Gasteiger partial charge < -0.3 is 5.11 Å². The fourth-order valence-corrected chi connectivity index (χ4v) is 4.33. The van der Waals surface area contributed by atoms with E-state index in [1.54, 1.807) is 0 Å². The second-order valence-corrected chi connectivity index (χ2v) is 7.02. The van der Waals surface area contributed by atoms with Gasteiger partial charge in [0.1, 0.15) is 0 Å². The molecule has 0 spiro atoms. The zero-order valence-electron chi connectivity index (χ0n) is 11.6. The summed E-state index contributed by atoms with van der Waals surface area (Å²) in [6, 6.07) is 0. The number of carbonyl (C=O) groups is 1. The van der Waals surface area contributed by atoms with E-state index in [2.05, 4.69) is 0 Å². The molecule has 1 fully saturated rings. The topological polar surface area (TPSA) is 80.4 Å². The van der Waals surface area contributed by atoms with Gasteiger partial charge in [0.25, 0.3) is 0 Å². The van der Waals surface area contributed by atoms with Crippen molar-refractivity contribution in [3.05, 3.63) is 22.3 Å². The van der Waals surface area contributed by atoms with Crippen molar-refractivity contribution in [1.82, 2.24) is 0 Å². The average molecular weight is 267 g/mol. The lowest BCUT2D eigenvalue weighted by molar-refractivity contribution is -0.510. The van der Waals surface area contributed by atoms with Crippen molar-refractivity contribution in [2.24, 2.45) is 28.6 Å². The zero-order chi connectivity index (χ0) is 14.4. The molecule has 0 aliphatic heterocycles. The van der Waals surface area contributed by atoms with Crippen LogP contribution in [-0.2, 0) is 4.79 Å². The molecule has 0 heterocycles. The van der Waals surface area contributed by atoms with Gasteiger partial charge in [-0.15, -0.1) is 0 Å². The molecule has 0 aromatic rings. The van der Waals surface area contributed by atoms with Crippen molar-refractivity contribution >= 4 is 5.97 Å². The molecule has 0 aromatic carbocycles. The number of aliphatic carboxylic acids is 1. The van der Waals surface area contributed by atoms with Crippen LogP contribution in [0.25, 0.3) is 0 Å². The molecule has 1 N–H and O–H groups in total. The minimum atomic E-state index is -0.909. The molecule has 1 unspecified atom stereocenters. The van der Waals surface area contributed by atoms with E-state index in [4.69, 9.17) is 0 Å². The van der Waals surface area contributed by atoms with Gasteiger partial charge in [0.15, 0.2) is 0 Å². The Hall–Kier alpha value is -1.39. The molecule has 1 saturated carbocycles. The van der Waals surface area contributed by atoms with Crippen molar-refractivity contribution in [2.45, 2.75) is 33.6 Å². The van der Waals surface area contributed by atoms with Crippen LogP contribution in [0.5, 0.6) is 0 Å². The third-order valence-corrected chi connectivity index (χ3v) is 4.71. The molecule has 2 aliphatic carbocycles. The molecule has 4 atom stereocenters. The van der Waals surface area contributed by atoms with E-state index in [0.29, 0.717) is 12.3 Å². The molecule has 2 rings (SSSR count). The zero-order valence-corrected chi connectivity index (χ0v) is 11.6. The summed E-state index contributed by atoms with van der Waals surface area (Å²) in [7, 11) is 0. The first kappa shape index (κ1) is 14.0. The molecule has 0 radical (unpaired) electrons. The average Bonchev–Trinajstić information content (AvgIpc) is 2.55. The summed E-state index contributed by atoms with van der Waals surface area (Å²) < 4.78 is 0. The molecular formula is C14H21NO4. The van der Waals surface area contributed by atoms with Crippen LogP contribution in [0.15, 0.2) is 12.2 Å². The number of rotatable bonds is 4. The molecule has 106 valence electrons. The van der Waals surface area contributed by atoms with E-state index in [1.807, 2.05) is 32.9 Å². The lowest BCUT2D eigenvalue weighted by atomic mass is 9.46. The summed E-state index contributed by atoms with van der Waals surface area (Å²) in [5.74, 6) is -1.13. The SMILES string of the molecule is CC(C)(C)C(C(=O)O)[C@]1(C[N+](=O)[O-])C[C@H]2CC=C[C@H]21. The maximum atomic E-state index is 11.7. The Morgan fingerprint density at radius 2 is 2.21 bits per heavy atom. The number of nitrogens with zero attached hydrogens (tertiary/aromatic N) is 1. The van der Waals surface area contributed by atoms with Gasteiger partial charge in [-0.1, -0.05) is 32.9 Å². The predicted octanol–water partition coefficient (Wildman–Crippen LogP) is 2.59. The number of carboxylic acids is 1. The predicted molar refractivity (Wildman–Crippen MR) is 70.2 cm³/mol. The van der Waals surface area contributed by atoms with Crippen LogP contribution < -0.4 is 0 Å². The van der Waals surface area contributed by atoms with Crippen LogP contribution in [0.4, 0.5) is 0 Å². The van der Waals surface area contributed by atoms with Crippen molar-refractivity contribution in [2.75, 3.05) is 6.54 Å².